The molecular weight excluding hydrogens is 314 g/mol. The molecule has 1 unspecified atom stereocenters. The molecule has 0 spiro atoms. The molecule has 1 amide bonds. The lowest BCUT2D eigenvalue weighted by Gasteiger charge is -2.32. The summed E-state index contributed by atoms with van der Waals surface area (Å²) < 4.78 is 5.77. The summed E-state index contributed by atoms with van der Waals surface area (Å²) in [7, 11) is 1.69. The number of hydrogen-bond donors (Lipinski definition) is 2. The normalized spacial score (nSPS) is 24.0. The summed E-state index contributed by atoms with van der Waals surface area (Å²) in [5.41, 5.74) is 0.166. The van der Waals surface area contributed by atoms with Gasteiger partial charge < -0.3 is 15.2 Å². The summed E-state index contributed by atoms with van der Waals surface area (Å²) in [4.78, 5) is 23.5. The molecule has 6 heteroatoms. The fourth-order valence-corrected chi connectivity index (χ4v) is 3.88. The van der Waals surface area contributed by atoms with Crippen molar-refractivity contribution in [3.63, 3.8) is 0 Å². The Balaban J connectivity index is 2.04. The Kier molecular flexibility index (Phi) is 5.47. The van der Waals surface area contributed by atoms with Gasteiger partial charge in [0, 0.05) is 13.7 Å². The molecule has 23 heavy (non-hydrogen) atoms. The first-order chi connectivity index (χ1) is 10.8. The molecule has 5 nitrogen and oxygen atoms in total. The van der Waals surface area contributed by atoms with Crippen LogP contribution in [0.3, 0.4) is 0 Å². The van der Waals surface area contributed by atoms with Crippen LogP contribution in [0.5, 0.6) is 0 Å². The van der Waals surface area contributed by atoms with E-state index < -0.39 is 5.97 Å². The third-order valence-corrected chi connectivity index (χ3v) is 5.75. The van der Waals surface area contributed by atoms with E-state index in [0.717, 1.165) is 43.4 Å². The lowest BCUT2D eigenvalue weighted by molar-refractivity contribution is -0.0223. The molecular formula is C17H25NO4S. The average molecular weight is 339 g/mol. The van der Waals surface area contributed by atoms with Gasteiger partial charge in [0.25, 0.3) is 5.91 Å². The molecule has 128 valence electrons. The monoisotopic (exact) mass is 339 g/mol. The van der Waals surface area contributed by atoms with Gasteiger partial charge in [0.05, 0.1) is 11.2 Å². The molecule has 1 fully saturated rings. The van der Waals surface area contributed by atoms with E-state index in [0.29, 0.717) is 12.0 Å². The van der Waals surface area contributed by atoms with Crippen LogP contribution in [0, 0.1) is 5.41 Å². The molecule has 2 N–H and O–H groups in total. The summed E-state index contributed by atoms with van der Waals surface area (Å²) in [6.45, 7) is 4.94. The lowest BCUT2D eigenvalue weighted by atomic mass is 9.84. The van der Waals surface area contributed by atoms with Gasteiger partial charge in [-0.2, -0.15) is 0 Å². The molecule has 1 aliphatic rings. The zero-order valence-corrected chi connectivity index (χ0v) is 14.8. The molecule has 0 bridgehead atoms. The zero-order chi connectivity index (χ0) is 17.1. The highest BCUT2D eigenvalue weighted by atomic mass is 32.1. The van der Waals surface area contributed by atoms with Crippen LogP contribution < -0.4 is 5.32 Å². The van der Waals surface area contributed by atoms with Crippen molar-refractivity contribution in [1.82, 2.24) is 5.32 Å². The van der Waals surface area contributed by atoms with Crippen LogP contribution in [0.15, 0.2) is 11.4 Å². The number of thiophene rings is 1. The first-order valence-corrected chi connectivity index (χ1v) is 8.81. The van der Waals surface area contributed by atoms with E-state index in [-0.39, 0.29) is 21.9 Å². The molecule has 0 saturated heterocycles. The van der Waals surface area contributed by atoms with Crippen molar-refractivity contribution in [1.29, 1.82) is 0 Å². The van der Waals surface area contributed by atoms with Crippen LogP contribution in [0.4, 0.5) is 0 Å². The number of carboxylic acids is 1. The van der Waals surface area contributed by atoms with Gasteiger partial charge in [-0.3, -0.25) is 4.79 Å². The van der Waals surface area contributed by atoms with Gasteiger partial charge in [-0.15, -0.1) is 11.3 Å². The Morgan fingerprint density at radius 1 is 1.30 bits per heavy atom. The van der Waals surface area contributed by atoms with E-state index in [1.54, 1.807) is 18.6 Å². The Labute approximate surface area is 141 Å². The maximum Gasteiger partial charge on any atom is 0.346 e. The van der Waals surface area contributed by atoms with Gasteiger partial charge >= 0.3 is 5.97 Å². The van der Waals surface area contributed by atoms with Gasteiger partial charge in [-0.25, -0.2) is 4.79 Å². The van der Waals surface area contributed by atoms with Crippen molar-refractivity contribution in [3.8, 4) is 0 Å². The van der Waals surface area contributed by atoms with E-state index in [1.165, 1.54) is 0 Å². The first kappa shape index (κ1) is 17.9. The summed E-state index contributed by atoms with van der Waals surface area (Å²) in [5.74, 6) is -1.41. The summed E-state index contributed by atoms with van der Waals surface area (Å²) in [6.07, 6.45) is 5.07. The van der Waals surface area contributed by atoms with E-state index in [4.69, 9.17) is 9.84 Å². The maximum absolute atomic E-state index is 12.3. The van der Waals surface area contributed by atoms with Crippen LogP contribution in [0.2, 0.25) is 0 Å². The molecule has 2 rings (SSSR count). The Hall–Kier alpha value is -1.40. The van der Waals surface area contributed by atoms with E-state index >= 15 is 0 Å². The number of ether oxygens (including phenoxy) is 1. The molecule has 1 aliphatic carbocycles. The molecule has 0 radical (unpaired) electrons. The van der Waals surface area contributed by atoms with Crippen LogP contribution >= 0.6 is 11.3 Å². The largest absolute Gasteiger partial charge is 0.477 e. The standard InChI is InChI=1S/C17H25NO4S/c1-16(2)6-4-7-17(22-3,9-8-16)11-18-14(19)12-5-10-23-13(12)15(20)21/h5,10H,4,6-9,11H2,1-3H3,(H,18,19)(H,20,21). The number of amides is 1. The van der Waals surface area contributed by atoms with Crippen molar-refractivity contribution in [3.05, 3.63) is 21.9 Å². The Morgan fingerprint density at radius 2 is 2.04 bits per heavy atom. The third kappa shape index (κ3) is 4.32. The second-order valence-corrected chi connectivity index (χ2v) is 7.97. The number of aromatic carboxylic acids is 1. The van der Waals surface area contributed by atoms with E-state index in [9.17, 15) is 9.59 Å². The SMILES string of the molecule is COC1(CNC(=O)c2ccsc2C(=O)O)CCCC(C)(C)CC1. The smallest absolute Gasteiger partial charge is 0.346 e. The fraction of sp³-hybridized carbons (Fsp3) is 0.647. The van der Waals surface area contributed by atoms with Crippen molar-refractivity contribution in [2.45, 2.75) is 51.6 Å². The topological polar surface area (TPSA) is 75.6 Å². The highest BCUT2D eigenvalue weighted by Crippen LogP contribution is 2.39. The van der Waals surface area contributed by atoms with Gasteiger partial charge in [-0.05, 0) is 49.0 Å². The Morgan fingerprint density at radius 3 is 2.70 bits per heavy atom. The second-order valence-electron chi connectivity index (χ2n) is 7.06. The summed E-state index contributed by atoms with van der Waals surface area (Å²) in [6, 6.07) is 1.55. The van der Waals surface area contributed by atoms with Crippen molar-refractivity contribution < 1.29 is 19.4 Å². The van der Waals surface area contributed by atoms with Crippen LogP contribution in [0.25, 0.3) is 0 Å². The molecule has 1 heterocycles. The lowest BCUT2D eigenvalue weighted by Crippen LogP contribution is -2.44. The minimum absolute atomic E-state index is 0.0796. The number of carbonyl (C=O) groups excluding carboxylic acids is 1. The number of methoxy groups -OCH3 is 1. The van der Waals surface area contributed by atoms with E-state index in [2.05, 4.69) is 19.2 Å². The van der Waals surface area contributed by atoms with Crippen LogP contribution in [-0.4, -0.2) is 36.2 Å². The molecule has 1 aromatic heterocycles. The minimum Gasteiger partial charge on any atom is -0.477 e. The summed E-state index contributed by atoms with van der Waals surface area (Å²) in [5, 5.41) is 13.6. The zero-order valence-electron chi connectivity index (χ0n) is 14.0. The molecule has 0 aromatic carbocycles. The quantitative estimate of drug-likeness (QED) is 0.804. The van der Waals surface area contributed by atoms with Crippen LogP contribution in [-0.2, 0) is 4.74 Å². The van der Waals surface area contributed by atoms with Gasteiger partial charge in [0.1, 0.15) is 4.88 Å². The number of rotatable bonds is 5. The average Bonchev–Trinajstić information content (AvgIpc) is 2.93. The molecule has 1 aromatic rings. The van der Waals surface area contributed by atoms with Gasteiger partial charge in [0.2, 0.25) is 0 Å². The van der Waals surface area contributed by atoms with Gasteiger partial charge in [-0.1, -0.05) is 13.8 Å². The van der Waals surface area contributed by atoms with Crippen LogP contribution in [0.1, 0.15) is 66.0 Å². The minimum atomic E-state index is -1.07. The molecule has 0 aliphatic heterocycles. The molecule has 1 saturated carbocycles. The number of hydrogen-bond acceptors (Lipinski definition) is 4. The van der Waals surface area contributed by atoms with Crippen molar-refractivity contribution >= 4 is 23.2 Å². The van der Waals surface area contributed by atoms with Crippen molar-refractivity contribution in [2.75, 3.05) is 13.7 Å². The summed E-state index contributed by atoms with van der Waals surface area (Å²) >= 11 is 1.06. The highest BCUT2D eigenvalue weighted by molar-refractivity contribution is 7.12. The maximum atomic E-state index is 12.3. The number of carbonyl (C=O) groups is 2. The third-order valence-electron chi connectivity index (χ3n) is 4.85. The second kappa shape index (κ2) is 7.01. The van der Waals surface area contributed by atoms with Gasteiger partial charge in [0.15, 0.2) is 0 Å². The Bertz CT molecular complexity index is 581. The predicted molar refractivity (Wildman–Crippen MR) is 90.2 cm³/mol. The number of nitrogens with one attached hydrogen (secondary N) is 1. The fourth-order valence-electron chi connectivity index (χ4n) is 3.15. The van der Waals surface area contributed by atoms with E-state index in [1.807, 2.05) is 0 Å². The first-order valence-electron chi connectivity index (χ1n) is 7.93. The molecule has 1 atom stereocenters. The number of carboxylic acid groups (broad SMARTS) is 1. The predicted octanol–water partition coefficient (Wildman–Crippen LogP) is 3.55. The van der Waals surface area contributed by atoms with Crippen molar-refractivity contribution in [2.24, 2.45) is 5.41 Å². The highest BCUT2D eigenvalue weighted by Gasteiger charge is 2.36.